The molecule has 5 rings (SSSR count). The number of allylic oxidation sites excluding steroid dienone is 4. The van der Waals surface area contributed by atoms with Crippen LogP contribution in [-0.4, -0.2) is 32.2 Å². The zero-order valence-electron chi connectivity index (χ0n) is 14.7. The van der Waals surface area contributed by atoms with E-state index in [1.54, 1.807) is 0 Å². The second-order valence-corrected chi connectivity index (χ2v) is 7.12. The standard InChI is InChI=1S/C20H18N4O3/c25-13-6-2-8-15-18(13)17(19-14(26)7-3-9-16(19)27-15)11-4-1-5-12(10-11)20-21-23-24-22-20/h1,4-5,10,17H,2-3,6-9H2,(H,21,22,23,24). The van der Waals surface area contributed by atoms with Gasteiger partial charge in [0.15, 0.2) is 11.6 Å². The van der Waals surface area contributed by atoms with Crippen LogP contribution < -0.4 is 0 Å². The summed E-state index contributed by atoms with van der Waals surface area (Å²) in [5, 5.41) is 14.1. The molecule has 2 aromatic rings. The summed E-state index contributed by atoms with van der Waals surface area (Å²) < 4.78 is 6.07. The molecule has 0 unspecified atom stereocenters. The third-order valence-corrected chi connectivity index (χ3v) is 5.46. The lowest BCUT2D eigenvalue weighted by atomic mass is 9.73. The summed E-state index contributed by atoms with van der Waals surface area (Å²) >= 11 is 0. The Hall–Kier alpha value is -3.09. The lowest BCUT2D eigenvalue weighted by Crippen LogP contribution is -2.30. The minimum absolute atomic E-state index is 0.0798. The number of H-pyrrole nitrogens is 1. The SMILES string of the molecule is O=C1CCCC2=C1C(c1cccc(-c3nn[nH]n3)c1)C1=C(CCCC1=O)O2. The Morgan fingerprint density at radius 1 is 0.963 bits per heavy atom. The van der Waals surface area contributed by atoms with Crippen LogP contribution in [0.15, 0.2) is 46.9 Å². The highest BCUT2D eigenvalue weighted by molar-refractivity contribution is 6.05. The summed E-state index contributed by atoms with van der Waals surface area (Å²) in [6.45, 7) is 0. The number of nitrogens with zero attached hydrogens (tertiary/aromatic N) is 3. The molecule has 7 nitrogen and oxygen atoms in total. The number of carbonyl (C=O) groups excluding carboxylic acids is 2. The molecule has 0 fully saturated rings. The largest absolute Gasteiger partial charge is 0.465 e. The van der Waals surface area contributed by atoms with Crippen molar-refractivity contribution in [1.82, 2.24) is 20.6 Å². The van der Waals surface area contributed by atoms with Crippen LogP contribution in [0.2, 0.25) is 0 Å². The van der Waals surface area contributed by atoms with Gasteiger partial charge in [-0.05, 0) is 29.7 Å². The number of aromatic nitrogens is 4. The summed E-state index contributed by atoms with van der Waals surface area (Å²) in [4.78, 5) is 25.6. The molecule has 0 saturated carbocycles. The van der Waals surface area contributed by atoms with Crippen molar-refractivity contribution in [3.63, 3.8) is 0 Å². The normalized spacial score (nSPS) is 20.4. The van der Waals surface area contributed by atoms with Crippen LogP contribution in [-0.2, 0) is 14.3 Å². The predicted octanol–water partition coefficient (Wildman–Crippen LogP) is 2.99. The number of aromatic amines is 1. The maximum absolute atomic E-state index is 12.8. The first-order valence-electron chi connectivity index (χ1n) is 9.26. The van der Waals surface area contributed by atoms with Gasteiger partial charge in [0.1, 0.15) is 11.5 Å². The average Bonchev–Trinajstić information content (AvgIpc) is 3.22. The highest BCUT2D eigenvalue weighted by Gasteiger charge is 2.41. The van der Waals surface area contributed by atoms with E-state index in [4.69, 9.17) is 4.74 Å². The summed E-state index contributed by atoms with van der Waals surface area (Å²) in [6, 6.07) is 7.69. The van der Waals surface area contributed by atoms with Gasteiger partial charge < -0.3 is 4.74 Å². The van der Waals surface area contributed by atoms with Gasteiger partial charge in [0.25, 0.3) is 0 Å². The molecule has 7 heteroatoms. The molecule has 2 heterocycles. The van der Waals surface area contributed by atoms with Crippen LogP contribution in [0.5, 0.6) is 0 Å². The van der Waals surface area contributed by atoms with Gasteiger partial charge in [0.05, 0.1) is 0 Å². The fraction of sp³-hybridized carbons (Fsp3) is 0.350. The van der Waals surface area contributed by atoms with Gasteiger partial charge in [-0.3, -0.25) is 9.59 Å². The maximum atomic E-state index is 12.8. The molecule has 1 aliphatic heterocycles. The van der Waals surface area contributed by atoms with E-state index in [2.05, 4.69) is 20.6 Å². The molecule has 136 valence electrons. The van der Waals surface area contributed by atoms with Crippen molar-refractivity contribution < 1.29 is 14.3 Å². The van der Waals surface area contributed by atoms with Crippen molar-refractivity contribution in [2.24, 2.45) is 0 Å². The van der Waals surface area contributed by atoms with Gasteiger partial charge in [-0.25, -0.2) is 0 Å². The molecule has 3 aliphatic rings. The Labute approximate surface area is 155 Å². The number of carbonyl (C=O) groups is 2. The zero-order chi connectivity index (χ0) is 18.4. The second kappa shape index (κ2) is 6.26. The molecule has 0 amide bonds. The van der Waals surface area contributed by atoms with Crippen molar-refractivity contribution >= 4 is 11.6 Å². The Balaban J connectivity index is 1.69. The topological polar surface area (TPSA) is 97.8 Å². The van der Waals surface area contributed by atoms with Crippen LogP contribution in [0.3, 0.4) is 0 Å². The number of benzene rings is 1. The zero-order valence-corrected chi connectivity index (χ0v) is 14.7. The molecule has 2 aliphatic carbocycles. The quantitative estimate of drug-likeness (QED) is 0.882. The average molecular weight is 362 g/mol. The smallest absolute Gasteiger partial charge is 0.204 e. The maximum Gasteiger partial charge on any atom is 0.204 e. The number of ketones is 2. The van der Waals surface area contributed by atoms with E-state index >= 15 is 0 Å². The van der Waals surface area contributed by atoms with Crippen LogP contribution >= 0.6 is 0 Å². The lowest BCUT2D eigenvalue weighted by molar-refractivity contribution is -0.117. The monoisotopic (exact) mass is 362 g/mol. The molecule has 1 aromatic heterocycles. The molecule has 1 aromatic carbocycles. The Morgan fingerprint density at radius 2 is 1.67 bits per heavy atom. The van der Waals surface area contributed by atoms with Crippen molar-refractivity contribution in [2.75, 3.05) is 0 Å². The Kier molecular flexibility index (Phi) is 3.74. The second-order valence-electron chi connectivity index (χ2n) is 7.12. The van der Waals surface area contributed by atoms with E-state index in [0.29, 0.717) is 29.8 Å². The number of ether oxygens (including phenoxy) is 1. The number of hydrogen-bond acceptors (Lipinski definition) is 6. The van der Waals surface area contributed by atoms with E-state index < -0.39 is 0 Å². The molecule has 27 heavy (non-hydrogen) atoms. The van der Waals surface area contributed by atoms with Crippen molar-refractivity contribution in [2.45, 2.75) is 44.4 Å². The summed E-state index contributed by atoms with van der Waals surface area (Å²) in [5.41, 5.74) is 3.00. The minimum atomic E-state index is -0.365. The fourth-order valence-electron chi connectivity index (χ4n) is 4.29. The number of Topliss-reactive ketones (excluding diaryl/α,β-unsaturated/α-hetero) is 2. The Bertz CT molecular complexity index is 962. The highest BCUT2D eigenvalue weighted by atomic mass is 16.5. The molecule has 0 radical (unpaired) electrons. The fourth-order valence-corrected chi connectivity index (χ4v) is 4.29. The predicted molar refractivity (Wildman–Crippen MR) is 95.2 cm³/mol. The molecule has 0 spiro atoms. The van der Waals surface area contributed by atoms with Gasteiger partial charge in [-0.1, -0.05) is 18.2 Å². The minimum Gasteiger partial charge on any atom is -0.465 e. The molecule has 1 N–H and O–H groups in total. The summed E-state index contributed by atoms with van der Waals surface area (Å²) in [7, 11) is 0. The molecular formula is C20H18N4O3. The van der Waals surface area contributed by atoms with Crippen molar-refractivity contribution in [3.8, 4) is 11.4 Å². The third-order valence-electron chi connectivity index (χ3n) is 5.46. The van der Waals surface area contributed by atoms with Gasteiger partial charge in [-0.15, -0.1) is 10.2 Å². The first kappa shape index (κ1) is 16.1. The number of rotatable bonds is 2. The van der Waals surface area contributed by atoms with Gasteiger partial charge in [0, 0.05) is 48.3 Å². The van der Waals surface area contributed by atoms with Gasteiger partial charge in [0.2, 0.25) is 5.82 Å². The van der Waals surface area contributed by atoms with E-state index in [9.17, 15) is 9.59 Å². The molecule has 0 saturated heterocycles. The number of nitrogens with one attached hydrogen (secondary N) is 1. The first-order valence-corrected chi connectivity index (χ1v) is 9.26. The molecular weight excluding hydrogens is 344 g/mol. The van der Waals surface area contributed by atoms with Crippen molar-refractivity contribution in [3.05, 3.63) is 52.5 Å². The van der Waals surface area contributed by atoms with Gasteiger partial charge >= 0.3 is 0 Å². The van der Waals surface area contributed by atoms with Crippen molar-refractivity contribution in [1.29, 1.82) is 0 Å². The van der Waals surface area contributed by atoms with Crippen LogP contribution in [0.4, 0.5) is 0 Å². The molecule has 0 atom stereocenters. The summed E-state index contributed by atoms with van der Waals surface area (Å²) in [6.07, 6.45) is 4.08. The van der Waals surface area contributed by atoms with Crippen LogP contribution in [0, 0.1) is 0 Å². The Morgan fingerprint density at radius 3 is 2.30 bits per heavy atom. The lowest BCUT2D eigenvalue weighted by Gasteiger charge is -2.36. The summed E-state index contributed by atoms with van der Waals surface area (Å²) in [5.74, 6) is 1.77. The van der Waals surface area contributed by atoms with E-state index in [1.165, 1.54) is 0 Å². The van der Waals surface area contributed by atoms with Crippen LogP contribution in [0.25, 0.3) is 11.4 Å². The first-order chi connectivity index (χ1) is 13.2. The third kappa shape index (κ3) is 2.61. The van der Waals surface area contributed by atoms with E-state index in [0.717, 1.165) is 48.3 Å². The highest BCUT2D eigenvalue weighted by Crippen LogP contribution is 2.47. The van der Waals surface area contributed by atoms with E-state index in [1.807, 2.05) is 24.3 Å². The van der Waals surface area contributed by atoms with Gasteiger partial charge in [-0.2, -0.15) is 5.21 Å². The van der Waals surface area contributed by atoms with Crippen LogP contribution in [0.1, 0.15) is 50.0 Å². The number of hydrogen-bond donors (Lipinski definition) is 1. The van der Waals surface area contributed by atoms with E-state index in [-0.39, 0.29) is 17.5 Å². The number of tetrazole rings is 1. The molecule has 0 bridgehead atoms.